The van der Waals surface area contributed by atoms with Gasteiger partial charge in [0.2, 0.25) is 0 Å². The maximum Gasteiger partial charge on any atom is 0.317 e. The number of rotatable bonds is 12. The van der Waals surface area contributed by atoms with Crippen molar-refractivity contribution >= 4 is 34.1 Å². The lowest BCUT2D eigenvalue weighted by atomic mass is 9.85. The number of carbonyl (C=O) groups excluding carboxylic acids is 1. The molecule has 1 saturated heterocycles. The van der Waals surface area contributed by atoms with E-state index in [9.17, 15) is 4.79 Å². The summed E-state index contributed by atoms with van der Waals surface area (Å²) in [5.74, 6) is 0.930. The first-order valence-corrected chi connectivity index (χ1v) is 15.1. The number of ether oxygens (including phenoxy) is 1. The highest BCUT2D eigenvalue weighted by Gasteiger charge is 2.32. The maximum absolute atomic E-state index is 13.4. The first-order chi connectivity index (χ1) is 18.1. The fourth-order valence-corrected chi connectivity index (χ4v) is 6.57. The summed E-state index contributed by atoms with van der Waals surface area (Å²) < 4.78 is 6.46. The molecule has 0 unspecified atom stereocenters. The number of hydrogen-bond donors (Lipinski definition) is 3. The summed E-state index contributed by atoms with van der Waals surface area (Å²) in [6, 6.07) is 8.15. The van der Waals surface area contributed by atoms with Gasteiger partial charge in [0.1, 0.15) is 0 Å². The van der Waals surface area contributed by atoms with Crippen LogP contribution < -0.4 is 16.0 Å². The molecule has 2 fully saturated rings. The van der Waals surface area contributed by atoms with Gasteiger partial charge in [-0.15, -0.1) is 11.3 Å². The molecule has 1 saturated carbocycles. The van der Waals surface area contributed by atoms with E-state index >= 15 is 0 Å². The minimum atomic E-state index is -0.122. The molecule has 0 bridgehead atoms. The number of nitrogens with zero attached hydrogens (tertiary/aromatic N) is 2. The van der Waals surface area contributed by atoms with Crippen molar-refractivity contribution in [2.24, 2.45) is 11.8 Å². The van der Waals surface area contributed by atoms with Crippen molar-refractivity contribution in [3.8, 4) is 0 Å². The first-order valence-electron chi connectivity index (χ1n) is 13.8. The molecule has 3 N–H and O–H groups in total. The van der Waals surface area contributed by atoms with E-state index in [2.05, 4.69) is 27.0 Å². The highest BCUT2D eigenvalue weighted by atomic mass is 35.5. The standard InChI is InChI=1S/C28H42ClN5O2S/c1-30-19-25(17-21-7-3-2-4-8-21)33-28(35)34-14-6-10-23(20-34)26(22-9-5-11-24(29)18-22)36-15-12-31-27-32-13-16-37-27/h5,9,11,13,16,18,21,23,25-26,30H,2-4,6-8,10,12,14-15,17,19-20H2,1H3,(H,31,32)(H,33,35)/t23-,25+,26-/m0/s1. The highest BCUT2D eigenvalue weighted by molar-refractivity contribution is 7.13. The van der Waals surface area contributed by atoms with Gasteiger partial charge in [0.15, 0.2) is 5.13 Å². The van der Waals surface area contributed by atoms with Gasteiger partial charge in [0.05, 0.1) is 12.7 Å². The molecule has 1 aromatic heterocycles. The number of likely N-dealkylation sites (tertiary alicyclic amines) is 1. The summed E-state index contributed by atoms with van der Waals surface area (Å²) in [7, 11) is 1.97. The number of thiazole rings is 1. The molecule has 204 valence electrons. The molecule has 2 aromatic rings. The predicted octanol–water partition coefficient (Wildman–Crippen LogP) is 5.95. The van der Waals surface area contributed by atoms with Crippen LogP contribution in [0.25, 0.3) is 0 Å². The van der Waals surface area contributed by atoms with Crippen molar-refractivity contribution < 1.29 is 9.53 Å². The second-order valence-corrected chi connectivity index (χ2v) is 11.7. The molecule has 1 aromatic carbocycles. The van der Waals surface area contributed by atoms with Crippen LogP contribution in [-0.2, 0) is 4.74 Å². The van der Waals surface area contributed by atoms with Crippen molar-refractivity contribution in [2.45, 2.75) is 63.5 Å². The second kappa shape index (κ2) is 14.9. The van der Waals surface area contributed by atoms with Gasteiger partial charge in [-0.1, -0.05) is 55.8 Å². The molecule has 37 heavy (non-hydrogen) atoms. The lowest BCUT2D eigenvalue weighted by Crippen LogP contribution is -2.52. The lowest BCUT2D eigenvalue weighted by Gasteiger charge is -2.38. The number of anilines is 1. The molecule has 0 spiro atoms. The third-order valence-corrected chi connectivity index (χ3v) is 8.55. The number of likely N-dealkylation sites (N-methyl/N-ethyl adjacent to an activating group) is 1. The van der Waals surface area contributed by atoms with Gasteiger partial charge in [0, 0.05) is 54.7 Å². The zero-order valence-corrected chi connectivity index (χ0v) is 23.5. The average molecular weight is 548 g/mol. The van der Waals surface area contributed by atoms with Crippen LogP contribution in [-0.4, -0.2) is 61.8 Å². The van der Waals surface area contributed by atoms with E-state index in [0.29, 0.717) is 24.7 Å². The van der Waals surface area contributed by atoms with E-state index in [1.165, 1.54) is 32.1 Å². The Morgan fingerprint density at radius 1 is 1.24 bits per heavy atom. The minimum Gasteiger partial charge on any atom is -0.371 e. The minimum absolute atomic E-state index is 0.0519. The number of nitrogens with one attached hydrogen (secondary N) is 3. The quantitative estimate of drug-likeness (QED) is 0.286. The number of amides is 2. The number of piperidine rings is 1. The topological polar surface area (TPSA) is 78.5 Å². The fourth-order valence-electron chi connectivity index (χ4n) is 5.82. The van der Waals surface area contributed by atoms with E-state index in [0.717, 1.165) is 49.0 Å². The molecule has 2 heterocycles. The van der Waals surface area contributed by atoms with Crippen molar-refractivity contribution in [2.75, 3.05) is 45.2 Å². The van der Waals surface area contributed by atoms with Crippen LogP contribution in [0.2, 0.25) is 5.02 Å². The van der Waals surface area contributed by atoms with E-state index < -0.39 is 0 Å². The van der Waals surface area contributed by atoms with Crippen LogP contribution >= 0.6 is 22.9 Å². The number of benzene rings is 1. The zero-order valence-electron chi connectivity index (χ0n) is 22.0. The Balaban J connectivity index is 1.36. The van der Waals surface area contributed by atoms with E-state index in [1.54, 1.807) is 17.5 Å². The van der Waals surface area contributed by atoms with Gasteiger partial charge < -0.3 is 25.6 Å². The van der Waals surface area contributed by atoms with Gasteiger partial charge >= 0.3 is 6.03 Å². The van der Waals surface area contributed by atoms with E-state index in [4.69, 9.17) is 16.3 Å². The third-order valence-electron chi connectivity index (χ3n) is 7.58. The number of carbonyl (C=O) groups is 1. The zero-order chi connectivity index (χ0) is 25.9. The Hall–Kier alpha value is -1.87. The maximum atomic E-state index is 13.4. The number of hydrogen-bond acceptors (Lipinski definition) is 6. The van der Waals surface area contributed by atoms with Crippen LogP contribution in [0, 0.1) is 11.8 Å². The predicted molar refractivity (Wildman–Crippen MR) is 152 cm³/mol. The van der Waals surface area contributed by atoms with Crippen LogP contribution in [0.5, 0.6) is 0 Å². The molecular weight excluding hydrogens is 506 g/mol. The Bertz CT molecular complexity index is 940. The summed E-state index contributed by atoms with van der Waals surface area (Å²) in [5, 5.41) is 13.5. The number of halogens is 1. The van der Waals surface area contributed by atoms with Crippen LogP contribution in [0.4, 0.5) is 9.93 Å². The molecule has 7 nitrogen and oxygen atoms in total. The monoisotopic (exact) mass is 547 g/mol. The lowest BCUT2D eigenvalue weighted by molar-refractivity contribution is -0.00556. The van der Waals surface area contributed by atoms with Crippen LogP contribution in [0.1, 0.15) is 63.0 Å². The molecule has 3 atom stereocenters. The second-order valence-electron chi connectivity index (χ2n) is 10.4. The molecule has 4 rings (SSSR count). The van der Waals surface area contributed by atoms with E-state index in [1.807, 2.05) is 35.5 Å². The molecular formula is C28H42ClN5O2S. The van der Waals surface area contributed by atoms with Gasteiger partial charge in [-0.3, -0.25) is 0 Å². The van der Waals surface area contributed by atoms with Crippen molar-refractivity contribution in [3.05, 3.63) is 46.4 Å². The Morgan fingerprint density at radius 2 is 2.11 bits per heavy atom. The number of aromatic nitrogens is 1. The van der Waals surface area contributed by atoms with Gasteiger partial charge in [-0.25, -0.2) is 9.78 Å². The molecule has 9 heteroatoms. The molecule has 1 aliphatic heterocycles. The number of urea groups is 1. The van der Waals surface area contributed by atoms with Crippen molar-refractivity contribution in [1.29, 1.82) is 0 Å². The average Bonchev–Trinajstić information content (AvgIpc) is 3.43. The van der Waals surface area contributed by atoms with Crippen molar-refractivity contribution in [1.82, 2.24) is 20.5 Å². The molecule has 0 radical (unpaired) electrons. The summed E-state index contributed by atoms with van der Waals surface area (Å²) in [6.45, 7) is 3.49. The SMILES string of the molecule is CNC[C@@H](CC1CCCCC1)NC(=O)N1CCC[C@H]([C@@H](OCCNc2nccs2)c2cccc(Cl)c2)C1. The Labute approximate surface area is 230 Å². The summed E-state index contributed by atoms with van der Waals surface area (Å²) in [5.41, 5.74) is 1.07. The normalized spacial score (nSPS) is 20.4. The van der Waals surface area contributed by atoms with Crippen molar-refractivity contribution in [3.63, 3.8) is 0 Å². The Kier molecular flexibility index (Phi) is 11.3. The molecule has 1 aliphatic carbocycles. The Morgan fingerprint density at radius 3 is 2.86 bits per heavy atom. The van der Waals surface area contributed by atoms with Crippen LogP contribution in [0.15, 0.2) is 35.8 Å². The fraction of sp³-hybridized carbons (Fsp3) is 0.643. The van der Waals surface area contributed by atoms with Gasteiger partial charge in [0.25, 0.3) is 0 Å². The first kappa shape index (κ1) is 28.1. The van der Waals surface area contributed by atoms with Gasteiger partial charge in [-0.05, 0) is 49.9 Å². The third kappa shape index (κ3) is 8.84. The van der Waals surface area contributed by atoms with E-state index in [-0.39, 0.29) is 24.1 Å². The summed E-state index contributed by atoms with van der Waals surface area (Å²) in [4.78, 5) is 19.7. The molecule has 2 aliphatic rings. The highest BCUT2D eigenvalue weighted by Crippen LogP contribution is 2.34. The largest absolute Gasteiger partial charge is 0.371 e. The summed E-state index contributed by atoms with van der Waals surface area (Å²) in [6.07, 6.45) is 11.3. The van der Waals surface area contributed by atoms with Crippen LogP contribution in [0.3, 0.4) is 0 Å². The summed E-state index contributed by atoms with van der Waals surface area (Å²) >= 11 is 7.93. The smallest absolute Gasteiger partial charge is 0.317 e. The molecule has 2 amide bonds. The van der Waals surface area contributed by atoms with Gasteiger partial charge in [-0.2, -0.15) is 0 Å².